The summed E-state index contributed by atoms with van der Waals surface area (Å²) in [5.41, 5.74) is 6.11. The average molecular weight is 479 g/mol. The summed E-state index contributed by atoms with van der Waals surface area (Å²) in [4.78, 5) is 11.9. The minimum Gasteiger partial charge on any atom is -0.453 e. The van der Waals surface area contributed by atoms with Gasteiger partial charge in [0.2, 0.25) is 0 Å². The van der Waals surface area contributed by atoms with E-state index < -0.39 is 0 Å². The average Bonchev–Trinajstić information content (AvgIpc) is 3.28. The molecule has 0 N–H and O–H groups in total. The number of fused-ring (bicyclic) bond motifs is 5. The van der Waals surface area contributed by atoms with Crippen LogP contribution in [0.4, 0.5) is 17.2 Å². The third-order valence-electron chi connectivity index (χ3n) is 6.80. The molecule has 37 heavy (non-hydrogen) atoms. The highest BCUT2D eigenvalue weighted by Gasteiger charge is 2.26. The lowest BCUT2D eigenvalue weighted by Gasteiger charge is -2.31. The van der Waals surface area contributed by atoms with Crippen LogP contribution in [-0.2, 0) is 0 Å². The Balaban J connectivity index is 1.40. The van der Waals surface area contributed by atoms with E-state index in [4.69, 9.17) is 14.7 Å². The second-order valence-corrected chi connectivity index (χ2v) is 8.90. The van der Waals surface area contributed by atoms with Gasteiger partial charge in [-0.25, -0.2) is 9.97 Å². The molecule has 5 heteroatoms. The van der Waals surface area contributed by atoms with Gasteiger partial charge in [0.25, 0.3) is 0 Å². The molecule has 1 aliphatic rings. The fourth-order valence-electron chi connectivity index (χ4n) is 5.06. The van der Waals surface area contributed by atoms with Crippen molar-refractivity contribution in [2.45, 2.75) is 0 Å². The molecule has 0 atom stereocenters. The first-order valence-corrected chi connectivity index (χ1v) is 12.1. The number of para-hydroxylation sites is 4. The molecule has 0 aliphatic carbocycles. The Morgan fingerprint density at radius 3 is 1.65 bits per heavy atom. The van der Waals surface area contributed by atoms with Crippen molar-refractivity contribution in [3.05, 3.63) is 122 Å². The van der Waals surface area contributed by atoms with Gasteiger partial charge >= 0.3 is 0 Å². The molecule has 4 aromatic carbocycles. The Morgan fingerprint density at radius 1 is 0.622 bits per heavy atom. The highest BCUT2D eigenvalue weighted by Crippen LogP contribution is 2.49. The Hall–Kier alpha value is -5.16. The maximum Gasteiger partial charge on any atom is 0.156 e. The third kappa shape index (κ3) is 3.25. The molecule has 0 amide bonds. The summed E-state index contributed by atoms with van der Waals surface area (Å²) in [6.07, 6.45) is 7.39. The molecule has 176 valence electrons. The number of hydrogen-bond donors (Lipinski definition) is 0. The second-order valence-electron chi connectivity index (χ2n) is 8.90. The molecule has 2 aromatic heterocycles. The van der Waals surface area contributed by atoms with E-state index in [0.29, 0.717) is 0 Å². The van der Waals surface area contributed by atoms with Gasteiger partial charge in [0.15, 0.2) is 23.1 Å². The molecule has 0 bridgehead atoms. The van der Waals surface area contributed by atoms with Crippen LogP contribution in [0, 0.1) is 0 Å². The number of benzene rings is 4. The SMILES string of the molecule is C=Cc1ccc2c(c1)c1cc(C=C)ccc1n2-c1cnc(N2c3ccccc3Oc3ccccc32)cn1. The van der Waals surface area contributed by atoms with Crippen molar-refractivity contribution in [2.24, 2.45) is 0 Å². The monoisotopic (exact) mass is 478 g/mol. The molecule has 5 nitrogen and oxygen atoms in total. The molecule has 0 radical (unpaired) electrons. The first-order valence-electron chi connectivity index (χ1n) is 12.1. The minimum atomic E-state index is 0.718. The van der Waals surface area contributed by atoms with Gasteiger partial charge in [-0.2, -0.15) is 0 Å². The van der Waals surface area contributed by atoms with E-state index in [0.717, 1.165) is 67.4 Å². The van der Waals surface area contributed by atoms with E-state index in [1.807, 2.05) is 73.1 Å². The lowest BCUT2D eigenvalue weighted by atomic mass is 10.1. The number of ether oxygens (including phenoxy) is 1. The lowest BCUT2D eigenvalue weighted by molar-refractivity contribution is 0.476. The first kappa shape index (κ1) is 21.1. The van der Waals surface area contributed by atoms with Crippen molar-refractivity contribution in [2.75, 3.05) is 4.90 Å². The largest absolute Gasteiger partial charge is 0.453 e. The summed E-state index contributed by atoms with van der Waals surface area (Å²) in [6, 6.07) is 28.6. The van der Waals surface area contributed by atoms with Crippen LogP contribution in [0.1, 0.15) is 11.1 Å². The van der Waals surface area contributed by atoms with Crippen LogP contribution < -0.4 is 9.64 Å². The van der Waals surface area contributed by atoms with Gasteiger partial charge in [0, 0.05) is 10.8 Å². The zero-order chi connectivity index (χ0) is 24.9. The second kappa shape index (κ2) is 8.21. The summed E-state index contributed by atoms with van der Waals surface area (Å²) in [5.74, 6) is 3.03. The molecule has 0 saturated heterocycles. The third-order valence-corrected chi connectivity index (χ3v) is 6.80. The highest BCUT2D eigenvalue weighted by molar-refractivity contribution is 6.10. The van der Waals surface area contributed by atoms with E-state index in [1.165, 1.54) is 0 Å². The van der Waals surface area contributed by atoms with E-state index >= 15 is 0 Å². The zero-order valence-corrected chi connectivity index (χ0v) is 20.0. The predicted molar refractivity (Wildman–Crippen MR) is 151 cm³/mol. The summed E-state index contributed by atoms with van der Waals surface area (Å²) >= 11 is 0. The number of rotatable bonds is 4. The molecular weight excluding hydrogens is 456 g/mol. The highest BCUT2D eigenvalue weighted by atomic mass is 16.5. The smallest absolute Gasteiger partial charge is 0.156 e. The summed E-state index contributed by atoms with van der Waals surface area (Å²) < 4.78 is 8.29. The minimum absolute atomic E-state index is 0.718. The summed E-state index contributed by atoms with van der Waals surface area (Å²) in [7, 11) is 0. The van der Waals surface area contributed by atoms with Crippen LogP contribution >= 0.6 is 0 Å². The fraction of sp³-hybridized carbons (Fsp3) is 0. The van der Waals surface area contributed by atoms with Crippen LogP contribution in [0.3, 0.4) is 0 Å². The van der Waals surface area contributed by atoms with E-state index in [1.54, 1.807) is 0 Å². The maximum absolute atomic E-state index is 6.14. The van der Waals surface area contributed by atoms with Gasteiger partial charge in [-0.05, 0) is 59.7 Å². The van der Waals surface area contributed by atoms with Gasteiger partial charge in [0.1, 0.15) is 0 Å². The molecule has 1 aliphatic heterocycles. The first-order chi connectivity index (χ1) is 18.2. The topological polar surface area (TPSA) is 43.2 Å². The Kier molecular flexibility index (Phi) is 4.69. The van der Waals surface area contributed by atoms with Crippen LogP contribution in [0.5, 0.6) is 11.5 Å². The van der Waals surface area contributed by atoms with E-state index in [-0.39, 0.29) is 0 Å². The van der Waals surface area contributed by atoms with Crippen molar-refractivity contribution in [1.29, 1.82) is 0 Å². The maximum atomic E-state index is 6.14. The predicted octanol–water partition coefficient (Wildman–Crippen LogP) is 8.44. The molecule has 0 unspecified atom stereocenters. The van der Waals surface area contributed by atoms with Crippen molar-refractivity contribution in [3.8, 4) is 17.3 Å². The van der Waals surface area contributed by atoms with Gasteiger partial charge < -0.3 is 4.74 Å². The molecule has 0 spiro atoms. The Bertz CT molecular complexity index is 1740. The molecule has 0 fully saturated rings. The fourth-order valence-corrected chi connectivity index (χ4v) is 5.06. The number of aromatic nitrogens is 3. The van der Waals surface area contributed by atoms with Crippen molar-refractivity contribution in [1.82, 2.24) is 14.5 Å². The number of anilines is 3. The zero-order valence-electron chi connectivity index (χ0n) is 20.0. The molecule has 7 rings (SSSR count). The Morgan fingerprint density at radius 2 is 1.14 bits per heavy atom. The van der Waals surface area contributed by atoms with Crippen molar-refractivity contribution in [3.63, 3.8) is 0 Å². The Labute approximate surface area is 214 Å². The quantitative estimate of drug-likeness (QED) is 0.255. The van der Waals surface area contributed by atoms with Gasteiger partial charge in [-0.1, -0.05) is 61.7 Å². The molecule has 0 saturated carbocycles. The molecule has 3 heterocycles. The van der Waals surface area contributed by atoms with Crippen LogP contribution in [-0.4, -0.2) is 14.5 Å². The molecular formula is C32H22N4O. The molecule has 6 aromatic rings. The van der Waals surface area contributed by atoms with Gasteiger partial charge in [-0.15, -0.1) is 0 Å². The van der Waals surface area contributed by atoms with Crippen LogP contribution in [0.15, 0.2) is 110 Å². The van der Waals surface area contributed by atoms with E-state index in [9.17, 15) is 0 Å². The van der Waals surface area contributed by atoms with Crippen LogP contribution in [0.25, 0.3) is 39.8 Å². The lowest BCUT2D eigenvalue weighted by Crippen LogP contribution is -2.17. The summed E-state index contributed by atoms with van der Waals surface area (Å²) in [5, 5.41) is 2.27. The number of hydrogen-bond acceptors (Lipinski definition) is 4. The van der Waals surface area contributed by atoms with Gasteiger partial charge in [-0.3, -0.25) is 9.47 Å². The van der Waals surface area contributed by atoms with Crippen molar-refractivity contribution >= 4 is 51.2 Å². The van der Waals surface area contributed by atoms with E-state index in [2.05, 4.69) is 59.0 Å². The standard InChI is InChI=1S/C32H22N4O/c1-3-21-13-15-25-23(17-21)24-18-22(4-2)14-16-26(24)35(25)31-19-34-32(20-33-31)36-27-9-5-7-11-29(27)37-30-12-8-6-10-28(30)36/h3-20H,1-2H2. The van der Waals surface area contributed by atoms with Crippen LogP contribution in [0.2, 0.25) is 0 Å². The van der Waals surface area contributed by atoms with Gasteiger partial charge in [0.05, 0.1) is 34.8 Å². The van der Waals surface area contributed by atoms with Crippen molar-refractivity contribution < 1.29 is 4.74 Å². The number of nitrogens with zero attached hydrogens (tertiary/aromatic N) is 4. The summed E-state index contributed by atoms with van der Waals surface area (Å²) in [6.45, 7) is 7.89. The normalized spacial score (nSPS) is 12.2.